The average Bonchev–Trinajstić information content (AvgIpc) is 2.87. The molecule has 4 rings (SSSR count). The van der Waals surface area contributed by atoms with Crippen LogP contribution in [0.4, 0.5) is 14.5 Å². The molecule has 0 fully saturated rings. The van der Waals surface area contributed by atoms with E-state index in [9.17, 15) is 18.7 Å². The summed E-state index contributed by atoms with van der Waals surface area (Å²) in [6.45, 7) is 0.862. The molecule has 5 nitrogen and oxygen atoms in total. The van der Waals surface area contributed by atoms with Crippen molar-refractivity contribution >= 4 is 11.7 Å². The second-order valence-electron chi connectivity index (χ2n) is 7.84. The van der Waals surface area contributed by atoms with E-state index in [-0.39, 0.29) is 30.4 Å². The van der Waals surface area contributed by atoms with E-state index in [1.807, 2.05) is 6.07 Å². The molecule has 0 aromatic heterocycles. The van der Waals surface area contributed by atoms with Crippen molar-refractivity contribution in [2.75, 3.05) is 5.32 Å². The highest BCUT2D eigenvalue weighted by Crippen LogP contribution is 2.28. The minimum atomic E-state index is -1.00. The summed E-state index contributed by atoms with van der Waals surface area (Å²) >= 11 is 0. The van der Waals surface area contributed by atoms with Crippen LogP contribution in [0.2, 0.25) is 0 Å². The highest BCUT2D eigenvalue weighted by Gasteiger charge is 2.09. The molecule has 0 radical (unpaired) electrons. The van der Waals surface area contributed by atoms with Crippen LogP contribution in [0.25, 0.3) is 0 Å². The second-order valence-corrected chi connectivity index (χ2v) is 7.84. The fraction of sp³-hybridized carbons (Fsp3) is 0.107. The van der Waals surface area contributed by atoms with Gasteiger partial charge in [-0.15, -0.1) is 0 Å². The van der Waals surface area contributed by atoms with Crippen molar-refractivity contribution in [3.63, 3.8) is 0 Å². The number of rotatable bonds is 10. The molecule has 4 aromatic rings. The molecule has 178 valence electrons. The third-order valence-corrected chi connectivity index (χ3v) is 5.26. The number of benzene rings is 4. The molecule has 4 aromatic carbocycles. The van der Waals surface area contributed by atoms with E-state index >= 15 is 0 Å². The smallest absolute Gasteiger partial charge is 0.335 e. The van der Waals surface area contributed by atoms with E-state index in [1.165, 1.54) is 30.3 Å². The van der Waals surface area contributed by atoms with Crippen molar-refractivity contribution in [3.05, 3.63) is 125 Å². The van der Waals surface area contributed by atoms with Gasteiger partial charge in [0.15, 0.2) is 0 Å². The first kappa shape index (κ1) is 23.8. The summed E-state index contributed by atoms with van der Waals surface area (Å²) in [4.78, 5) is 11.2. The first-order valence-corrected chi connectivity index (χ1v) is 10.9. The quantitative estimate of drug-likeness (QED) is 0.277. The molecule has 35 heavy (non-hydrogen) atoms. The summed E-state index contributed by atoms with van der Waals surface area (Å²) in [7, 11) is 0. The predicted molar refractivity (Wildman–Crippen MR) is 129 cm³/mol. The Hall–Kier alpha value is -4.39. The highest BCUT2D eigenvalue weighted by molar-refractivity contribution is 5.88. The first-order valence-electron chi connectivity index (χ1n) is 10.9. The number of carbonyl (C=O) groups is 1. The lowest BCUT2D eigenvalue weighted by molar-refractivity contribution is 0.0697. The largest absolute Gasteiger partial charge is 0.489 e. The van der Waals surface area contributed by atoms with Gasteiger partial charge in [0.1, 0.15) is 36.3 Å². The van der Waals surface area contributed by atoms with Gasteiger partial charge in [0.05, 0.1) is 5.56 Å². The molecule has 0 heterocycles. The standard InChI is InChI=1S/C28H23F2NO4/c29-23-9-4-19(5-10-23)17-34-26-13-8-22(16-31-25-3-1-2-21(14-25)28(32)33)27(15-26)35-18-20-6-11-24(30)12-7-20/h1-15,31H,16-18H2,(H,32,33). The van der Waals surface area contributed by atoms with Gasteiger partial charge in [-0.3, -0.25) is 0 Å². The van der Waals surface area contributed by atoms with Gasteiger partial charge < -0.3 is 19.9 Å². The molecule has 0 saturated carbocycles. The molecular formula is C28H23F2NO4. The summed E-state index contributed by atoms with van der Waals surface area (Å²) in [6.07, 6.45) is 0. The lowest BCUT2D eigenvalue weighted by atomic mass is 10.1. The number of hydrogen-bond acceptors (Lipinski definition) is 4. The van der Waals surface area contributed by atoms with Crippen LogP contribution in [-0.4, -0.2) is 11.1 Å². The minimum Gasteiger partial charge on any atom is -0.489 e. The van der Waals surface area contributed by atoms with Gasteiger partial charge in [-0.05, 0) is 65.7 Å². The van der Waals surface area contributed by atoms with Gasteiger partial charge in [-0.2, -0.15) is 0 Å². The molecule has 0 atom stereocenters. The second kappa shape index (κ2) is 11.2. The third-order valence-electron chi connectivity index (χ3n) is 5.26. The Bertz CT molecular complexity index is 1290. The number of nitrogens with one attached hydrogen (secondary N) is 1. The van der Waals surface area contributed by atoms with Gasteiger partial charge in [0.25, 0.3) is 0 Å². The van der Waals surface area contributed by atoms with Crippen LogP contribution >= 0.6 is 0 Å². The number of carboxylic acid groups (broad SMARTS) is 1. The normalized spacial score (nSPS) is 10.6. The average molecular weight is 475 g/mol. The molecule has 0 bridgehead atoms. The van der Waals surface area contributed by atoms with Crippen molar-refractivity contribution in [1.29, 1.82) is 0 Å². The Morgan fingerprint density at radius 1 is 0.771 bits per heavy atom. The van der Waals surface area contributed by atoms with E-state index in [0.29, 0.717) is 23.7 Å². The van der Waals surface area contributed by atoms with Gasteiger partial charge in [0, 0.05) is 23.9 Å². The van der Waals surface area contributed by atoms with Gasteiger partial charge >= 0.3 is 5.97 Å². The molecule has 0 aliphatic heterocycles. The highest BCUT2D eigenvalue weighted by atomic mass is 19.1. The maximum absolute atomic E-state index is 13.2. The summed E-state index contributed by atoms with van der Waals surface area (Å²) < 4.78 is 38.3. The summed E-state index contributed by atoms with van der Waals surface area (Å²) in [5, 5.41) is 12.4. The zero-order valence-corrected chi connectivity index (χ0v) is 18.7. The number of halogens is 2. The Balaban J connectivity index is 1.50. The molecular weight excluding hydrogens is 452 g/mol. The van der Waals surface area contributed by atoms with Gasteiger partial charge in [-0.1, -0.05) is 30.3 Å². The number of carboxylic acids is 1. The SMILES string of the molecule is O=C(O)c1cccc(NCc2ccc(OCc3ccc(F)cc3)cc2OCc2ccc(F)cc2)c1. The van der Waals surface area contributed by atoms with Gasteiger partial charge in [-0.25, -0.2) is 13.6 Å². The van der Waals surface area contributed by atoms with E-state index in [1.54, 1.807) is 54.6 Å². The molecule has 2 N–H and O–H groups in total. The Labute approximate surface area is 201 Å². The molecule has 0 aliphatic carbocycles. The number of aromatic carboxylic acids is 1. The fourth-order valence-corrected chi connectivity index (χ4v) is 3.35. The molecule has 0 amide bonds. The van der Waals surface area contributed by atoms with E-state index < -0.39 is 5.97 Å². The zero-order chi connectivity index (χ0) is 24.6. The van der Waals surface area contributed by atoms with Gasteiger partial charge in [0.2, 0.25) is 0 Å². The third kappa shape index (κ3) is 6.80. The summed E-state index contributed by atoms with van der Waals surface area (Å²) in [5.74, 6) is -0.498. The van der Waals surface area contributed by atoms with Crippen molar-refractivity contribution < 1.29 is 28.2 Å². The molecule has 0 unspecified atom stereocenters. The number of anilines is 1. The van der Waals surface area contributed by atoms with Crippen molar-refractivity contribution in [3.8, 4) is 11.5 Å². The topological polar surface area (TPSA) is 67.8 Å². The first-order chi connectivity index (χ1) is 17.0. The van der Waals surface area contributed by atoms with Crippen LogP contribution in [0.3, 0.4) is 0 Å². The molecule has 0 saturated heterocycles. The Morgan fingerprint density at radius 3 is 2.03 bits per heavy atom. The van der Waals surface area contributed by atoms with Crippen LogP contribution in [0.15, 0.2) is 91.0 Å². The predicted octanol–water partition coefficient (Wildman–Crippen LogP) is 6.43. The lowest BCUT2D eigenvalue weighted by Gasteiger charge is -2.15. The van der Waals surface area contributed by atoms with Crippen molar-refractivity contribution in [1.82, 2.24) is 0 Å². The van der Waals surface area contributed by atoms with Crippen LogP contribution in [0.1, 0.15) is 27.0 Å². The summed E-state index contributed by atoms with van der Waals surface area (Å²) in [5.41, 5.74) is 3.29. The van der Waals surface area contributed by atoms with Crippen LogP contribution in [-0.2, 0) is 19.8 Å². The maximum Gasteiger partial charge on any atom is 0.335 e. The Kier molecular flexibility index (Phi) is 7.57. The fourth-order valence-electron chi connectivity index (χ4n) is 3.35. The van der Waals surface area contributed by atoms with Crippen molar-refractivity contribution in [2.45, 2.75) is 19.8 Å². The van der Waals surface area contributed by atoms with E-state index in [2.05, 4.69) is 5.32 Å². The monoisotopic (exact) mass is 475 g/mol. The van der Waals surface area contributed by atoms with E-state index in [4.69, 9.17) is 9.47 Å². The van der Waals surface area contributed by atoms with Crippen LogP contribution in [0, 0.1) is 11.6 Å². The Morgan fingerprint density at radius 2 is 1.40 bits per heavy atom. The molecule has 0 aliphatic rings. The lowest BCUT2D eigenvalue weighted by Crippen LogP contribution is -2.05. The van der Waals surface area contributed by atoms with Crippen molar-refractivity contribution in [2.24, 2.45) is 0 Å². The molecule has 0 spiro atoms. The minimum absolute atomic E-state index is 0.187. The van der Waals surface area contributed by atoms with E-state index in [0.717, 1.165) is 16.7 Å². The molecule has 7 heteroatoms. The number of hydrogen-bond donors (Lipinski definition) is 2. The zero-order valence-electron chi connectivity index (χ0n) is 18.7. The number of ether oxygens (including phenoxy) is 2. The van der Waals surface area contributed by atoms with Crippen LogP contribution in [0.5, 0.6) is 11.5 Å². The summed E-state index contributed by atoms with van der Waals surface area (Å²) in [6, 6.07) is 24.1. The van der Waals surface area contributed by atoms with Crippen LogP contribution < -0.4 is 14.8 Å². The maximum atomic E-state index is 13.2.